The second-order valence-electron chi connectivity index (χ2n) is 9.51. The molecule has 0 bridgehead atoms. The lowest BCUT2D eigenvalue weighted by atomic mass is 10.1. The smallest absolute Gasteiger partial charge is 0.269 e. The number of fused-ring (bicyclic) bond motifs is 1. The predicted octanol–water partition coefficient (Wildman–Crippen LogP) is 5.22. The van der Waals surface area contributed by atoms with Crippen LogP contribution in [0.5, 0.6) is 0 Å². The van der Waals surface area contributed by atoms with Gasteiger partial charge in [0.1, 0.15) is 0 Å². The molecule has 0 N–H and O–H groups in total. The Labute approximate surface area is 241 Å². The summed E-state index contributed by atoms with van der Waals surface area (Å²) in [6.07, 6.45) is 0. The molecule has 1 aromatic heterocycles. The number of piperazine rings is 1. The van der Waals surface area contributed by atoms with Crippen molar-refractivity contribution in [2.45, 2.75) is 35.9 Å². The second-order valence-corrected chi connectivity index (χ2v) is 14.5. The number of nitrogens with zero attached hydrogens (tertiary/aromatic N) is 3. The van der Waals surface area contributed by atoms with Crippen LogP contribution in [0.2, 0.25) is 5.02 Å². The van der Waals surface area contributed by atoms with Crippen LogP contribution in [0.1, 0.15) is 24.2 Å². The van der Waals surface area contributed by atoms with Crippen molar-refractivity contribution in [2.75, 3.05) is 13.1 Å². The highest BCUT2D eigenvalue weighted by molar-refractivity contribution is 9.10. The van der Waals surface area contributed by atoms with E-state index in [2.05, 4.69) is 15.9 Å². The fourth-order valence-corrected chi connectivity index (χ4v) is 9.13. The van der Waals surface area contributed by atoms with Crippen molar-refractivity contribution in [1.29, 1.82) is 0 Å². The fraction of sp³-hybridized carbons (Fsp3) is 0.222. The molecule has 1 amide bonds. The Kier molecular flexibility index (Phi) is 7.40. The maximum absolute atomic E-state index is 14.1. The number of carbonyl (C=O) groups is 1. The first-order valence-corrected chi connectivity index (χ1v) is 16.2. The second kappa shape index (κ2) is 10.4. The molecule has 0 saturated carbocycles. The normalized spacial score (nSPS) is 18.9. The third-order valence-electron chi connectivity index (χ3n) is 6.78. The van der Waals surface area contributed by atoms with E-state index in [1.54, 1.807) is 61.2 Å². The largest absolute Gasteiger partial charge is 0.331 e. The van der Waals surface area contributed by atoms with Crippen molar-refractivity contribution >= 4 is 64.4 Å². The lowest BCUT2D eigenvalue weighted by molar-refractivity contribution is 0.0440. The number of hydrogen-bond acceptors (Lipinski definition) is 5. The maximum Gasteiger partial charge on any atom is 0.269 e. The quantitative estimate of drug-likeness (QED) is 0.295. The van der Waals surface area contributed by atoms with Crippen molar-refractivity contribution in [3.63, 3.8) is 0 Å². The molecule has 3 aromatic carbocycles. The van der Waals surface area contributed by atoms with Crippen LogP contribution in [0.4, 0.5) is 0 Å². The predicted molar refractivity (Wildman–Crippen MR) is 154 cm³/mol. The highest BCUT2D eigenvalue weighted by Crippen LogP contribution is 2.33. The molecule has 1 fully saturated rings. The first kappa shape index (κ1) is 27.9. The van der Waals surface area contributed by atoms with Gasteiger partial charge in [0.05, 0.1) is 10.4 Å². The van der Waals surface area contributed by atoms with Crippen molar-refractivity contribution in [1.82, 2.24) is 13.2 Å². The molecule has 0 spiro atoms. The van der Waals surface area contributed by atoms with Gasteiger partial charge in [-0.15, -0.1) is 0 Å². The zero-order chi connectivity index (χ0) is 28.1. The van der Waals surface area contributed by atoms with Crippen LogP contribution < -0.4 is 0 Å². The van der Waals surface area contributed by atoms with Gasteiger partial charge in [-0.2, -0.15) is 4.31 Å². The van der Waals surface area contributed by atoms with Gasteiger partial charge in [0, 0.05) is 45.6 Å². The average molecular weight is 651 g/mol. The van der Waals surface area contributed by atoms with E-state index in [0.717, 1.165) is 8.45 Å². The highest BCUT2D eigenvalue weighted by atomic mass is 79.9. The number of hydrogen-bond donors (Lipinski definition) is 0. The van der Waals surface area contributed by atoms with Gasteiger partial charge in [-0.25, -0.2) is 20.8 Å². The van der Waals surface area contributed by atoms with Crippen LogP contribution in [-0.2, 0) is 20.0 Å². The summed E-state index contributed by atoms with van der Waals surface area (Å²) in [7, 11) is -8.59. The Hall–Kier alpha value is -2.70. The molecule has 1 aliphatic heterocycles. The lowest BCUT2D eigenvalue weighted by Gasteiger charge is -2.43. The number of aromatic nitrogens is 1. The van der Waals surface area contributed by atoms with Crippen LogP contribution in [0.25, 0.3) is 10.9 Å². The average Bonchev–Trinajstić information content (AvgIpc) is 3.29. The van der Waals surface area contributed by atoms with Gasteiger partial charge in [-0.1, -0.05) is 45.7 Å². The molecule has 2 unspecified atom stereocenters. The summed E-state index contributed by atoms with van der Waals surface area (Å²) >= 11 is 9.53. The van der Waals surface area contributed by atoms with Crippen molar-refractivity contribution in [3.05, 3.63) is 93.9 Å². The van der Waals surface area contributed by atoms with Crippen molar-refractivity contribution in [2.24, 2.45) is 0 Å². The number of amides is 1. The Balaban J connectivity index is 1.56. The molecule has 2 atom stereocenters. The molecule has 39 heavy (non-hydrogen) atoms. The summed E-state index contributed by atoms with van der Waals surface area (Å²) in [5.74, 6) is -0.199. The minimum absolute atomic E-state index is 0.00259. The number of halogens is 2. The maximum atomic E-state index is 14.1. The molecule has 1 aliphatic rings. The Morgan fingerprint density at radius 3 is 2.08 bits per heavy atom. The molecule has 8 nitrogen and oxygen atoms in total. The number of sulfonamides is 1. The third-order valence-corrected chi connectivity index (χ3v) is 11.2. The Morgan fingerprint density at radius 1 is 0.846 bits per heavy atom. The van der Waals surface area contributed by atoms with E-state index in [-0.39, 0.29) is 34.4 Å². The lowest BCUT2D eigenvalue weighted by Crippen LogP contribution is -2.59. The van der Waals surface area contributed by atoms with Gasteiger partial charge in [-0.05, 0) is 74.5 Å². The van der Waals surface area contributed by atoms with Crippen LogP contribution in [0.3, 0.4) is 0 Å². The highest BCUT2D eigenvalue weighted by Gasteiger charge is 2.41. The minimum Gasteiger partial charge on any atom is -0.331 e. The molecule has 4 aromatic rings. The molecular weight excluding hydrogens is 626 g/mol. The van der Waals surface area contributed by atoms with Gasteiger partial charge >= 0.3 is 0 Å². The molecular formula is C27H25BrClN3O5S2. The number of carbonyl (C=O) groups excluding carboxylic acids is 1. The molecule has 0 aliphatic carbocycles. The SMILES string of the molecule is CC1CN(S(=O)(=O)c2cc3cc(Cl)ccc3n2S(=O)(=O)c2ccccc2)CC(C)N1C(=O)c1ccc(Br)cc1. The zero-order valence-corrected chi connectivity index (χ0v) is 25.0. The standard InChI is InChI=1S/C27H25BrClN3O5S2/c1-18-16-30(17-19(2)31(18)27(33)20-8-10-22(28)11-9-20)39(36,37)26-15-21-14-23(29)12-13-25(21)32(26)38(34,35)24-6-4-3-5-7-24/h3-15,18-19H,16-17H2,1-2H3. The monoisotopic (exact) mass is 649 g/mol. The van der Waals surface area contributed by atoms with E-state index in [4.69, 9.17) is 11.6 Å². The van der Waals surface area contributed by atoms with E-state index in [1.165, 1.54) is 40.7 Å². The van der Waals surface area contributed by atoms with Crippen LogP contribution in [-0.4, -0.2) is 61.1 Å². The molecule has 2 heterocycles. The van der Waals surface area contributed by atoms with Gasteiger partial charge in [0.2, 0.25) is 0 Å². The molecule has 204 valence electrons. The topological polar surface area (TPSA) is 96.8 Å². The zero-order valence-electron chi connectivity index (χ0n) is 21.0. The van der Waals surface area contributed by atoms with Crippen LogP contribution in [0, 0.1) is 0 Å². The van der Waals surface area contributed by atoms with Crippen molar-refractivity contribution < 1.29 is 21.6 Å². The van der Waals surface area contributed by atoms with Crippen LogP contribution in [0.15, 0.2) is 93.3 Å². The molecule has 1 saturated heterocycles. The van der Waals surface area contributed by atoms with Crippen molar-refractivity contribution in [3.8, 4) is 0 Å². The van der Waals surface area contributed by atoms with Gasteiger partial charge < -0.3 is 4.90 Å². The third kappa shape index (κ3) is 5.02. The Bertz CT molecular complexity index is 1760. The summed E-state index contributed by atoms with van der Waals surface area (Å²) in [5, 5.41) is 0.351. The Morgan fingerprint density at radius 2 is 1.46 bits per heavy atom. The van der Waals surface area contributed by atoms with Crippen LogP contribution >= 0.6 is 27.5 Å². The number of rotatable bonds is 5. The van der Waals surface area contributed by atoms with Gasteiger partial charge in [0.15, 0.2) is 5.03 Å². The first-order chi connectivity index (χ1) is 18.4. The summed E-state index contributed by atoms with van der Waals surface area (Å²) in [6, 6.07) is 19.6. The number of benzene rings is 3. The summed E-state index contributed by atoms with van der Waals surface area (Å²) < 4.78 is 58.8. The van der Waals surface area contributed by atoms with E-state index in [0.29, 0.717) is 16.0 Å². The summed E-state index contributed by atoms with van der Waals surface area (Å²) in [4.78, 5) is 14.9. The van der Waals surface area contributed by atoms with E-state index in [9.17, 15) is 21.6 Å². The summed E-state index contributed by atoms with van der Waals surface area (Å²) in [6.45, 7) is 3.57. The minimum atomic E-state index is -4.31. The summed E-state index contributed by atoms with van der Waals surface area (Å²) in [5.41, 5.74) is 0.700. The van der Waals surface area contributed by atoms with Gasteiger partial charge in [-0.3, -0.25) is 4.79 Å². The first-order valence-electron chi connectivity index (χ1n) is 12.1. The molecule has 5 rings (SSSR count). The molecule has 0 radical (unpaired) electrons. The van der Waals surface area contributed by atoms with E-state index < -0.39 is 32.1 Å². The van der Waals surface area contributed by atoms with Gasteiger partial charge in [0.25, 0.3) is 26.0 Å². The fourth-order valence-electron chi connectivity index (χ4n) is 5.01. The van der Waals surface area contributed by atoms with E-state index in [1.807, 2.05) is 0 Å². The molecule has 12 heteroatoms. The van der Waals surface area contributed by atoms with E-state index >= 15 is 0 Å².